The minimum Gasteiger partial charge on any atom is -0.341 e. The molecule has 31 aliphatic rings. The fraction of sp³-hybridized carbons (Fsp3) is 0.958. The highest BCUT2D eigenvalue weighted by molar-refractivity contribution is 5.24. The second-order valence-corrected chi connectivity index (χ2v) is 44.4. The van der Waals surface area contributed by atoms with Gasteiger partial charge in [-0.15, -0.1) is 0 Å². The molecular formula is C120H228N4. The molecule has 124 heavy (non-hydrogen) atoms. The van der Waals surface area contributed by atoms with Crippen LogP contribution in [0.5, 0.6) is 0 Å². The summed E-state index contributed by atoms with van der Waals surface area (Å²) in [5.41, 5.74) is 3.84. The first-order chi connectivity index (χ1) is 61.1. The first-order valence-corrected chi connectivity index (χ1v) is 59.2. The second-order valence-electron chi connectivity index (χ2n) is 44.4. The molecule has 0 amide bonds. The van der Waals surface area contributed by atoms with Crippen molar-refractivity contribution in [2.24, 2.45) is 167 Å². The van der Waals surface area contributed by atoms with E-state index in [2.05, 4.69) is 21.8 Å². The van der Waals surface area contributed by atoms with Crippen LogP contribution in [0.15, 0.2) is 29.9 Å². The summed E-state index contributed by atoms with van der Waals surface area (Å²) >= 11 is 0. The number of rotatable bonds is 0. The molecule has 32 rings (SSSR count). The Bertz CT molecular complexity index is 2320. The predicted molar refractivity (Wildman–Crippen MR) is 554 cm³/mol. The van der Waals surface area contributed by atoms with Crippen molar-refractivity contribution in [2.45, 2.75) is 530 Å². The summed E-state index contributed by atoms with van der Waals surface area (Å²) in [7, 11) is 4.15. The van der Waals surface area contributed by atoms with Gasteiger partial charge in [0, 0.05) is 39.1 Å². The largest absolute Gasteiger partial charge is 0.341 e. The molecule has 29 fully saturated rings. The van der Waals surface area contributed by atoms with E-state index in [0.29, 0.717) is 0 Å². The van der Waals surface area contributed by atoms with Crippen molar-refractivity contribution in [3.8, 4) is 0 Å². The third kappa shape index (κ3) is 38.3. The Labute approximate surface area is 781 Å². The number of hydrogen-bond acceptors (Lipinski definition) is 3. The normalized spacial score (nSPS) is 39.1. The van der Waals surface area contributed by atoms with Gasteiger partial charge in [0.25, 0.3) is 0 Å². The highest BCUT2D eigenvalue weighted by Gasteiger charge is 2.62. The third-order valence-electron chi connectivity index (χ3n) is 36.2. The van der Waals surface area contributed by atoms with E-state index in [1.807, 2.05) is 167 Å². The van der Waals surface area contributed by atoms with E-state index in [-0.39, 0.29) is 0 Å². The molecule has 5 heterocycles. The SMILES string of the molecule is C1C2CC3C1C3C2.C1C2CC3CC1CC(C2)C3.C1C2CC3CC1CN(C2)C3.C1CC2CC(C1)C2.C1CC2CC3CC1CC(C2)C3.C1CC2CCC1C2.C1CC2CCC1C2.C1CC2CCCC(C1)C2.C1CC2CCCC(C1)C2.C1CCC2=C(C1)CC1CCCC2C1.CC.CC.CC.CC.CC.CC.CC.CC.CC.CC.CN1CCCCCC1.Cn1ccnc1. The molecule has 2 atom stereocenters. The maximum Gasteiger partial charge on any atom is 0.0943 e. The molecule has 28 bridgehead atoms. The van der Waals surface area contributed by atoms with E-state index < -0.39 is 0 Å². The van der Waals surface area contributed by atoms with E-state index in [4.69, 9.17) is 0 Å². The summed E-state index contributed by atoms with van der Waals surface area (Å²) in [6, 6.07) is 0. The molecule has 4 nitrogen and oxygen atoms in total. The molecule has 728 valence electrons. The van der Waals surface area contributed by atoms with Gasteiger partial charge in [0.15, 0.2) is 0 Å². The minimum absolute atomic E-state index is 1.04. The fourth-order valence-corrected chi connectivity index (χ4v) is 31.6. The van der Waals surface area contributed by atoms with Crippen molar-refractivity contribution in [2.75, 3.05) is 39.8 Å². The summed E-state index contributed by atoms with van der Waals surface area (Å²) in [6.45, 7) is 47.0. The van der Waals surface area contributed by atoms with Gasteiger partial charge in [-0.05, 0) is 385 Å². The second kappa shape index (κ2) is 65.5. The molecular weight excluding hydrogens is 1500 g/mol. The quantitative estimate of drug-likeness (QED) is 0.242. The van der Waals surface area contributed by atoms with E-state index >= 15 is 0 Å². The van der Waals surface area contributed by atoms with Gasteiger partial charge in [0.2, 0.25) is 0 Å². The number of imidazole rings is 1. The van der Waals surface area contributed by atoms with Gasteiger partial charge in [-0.25, -0.2) is 4.98 Å². The van der Waals surface area contributed by atoms with Crippen LogP contribution in [-0.4, -0.2) is 59.1 Å². The Balaban J connectivity index is 0.000000206. The van der Waals surface area contributed by atoms with Crippen LogP contribution in [0.25, 0.3) is 0 Å². The number of hydrogen-bond donors (Lipinski definition) is 0. The Morgan fingerprint density at radius 1 is 0.226 bits per heavy atom. The average Bonchev–Trinajstić information content (AvgIpc) is 1.54. The van der Waals surface area contributed by atoms with Crippen molar-refractivity contribution in [3.63, 3.8) is 0 Å². The van der Waals surface area contributed by atoms with Gasteiger partial charge in [0.1, 0.15) is 0 Å². The predicted octanol–water partition coefficient (Wildman–Crippen LogP) is 37.8. The van der Waals surface area contributed by atoms with Gasteiger partial charge >= 0.3 is 0 Å². The van der Waals surface area contributed by atoms with E-state index in [1.165, 1.54) is 237 Å². The van der Waals surface area contributed by atoms with E-state index in [0.717, 1.165) is 65.1 Å². The summed E-state index contributed by atoms with van der Waals surface area (Å²) in [5, 5.41) is 0. The van der Waals surface area contributed by atoms with Crippen LogP contribution in [0, 0.1) is 160 Å². The molecule has 27 aliphatic carbocycles. The summed E-state index contributed by atoms with van der Waals surface area (Å²) in [6.07, 6.45) is 100. The molecule has 4 aliphatic heterocycles. The smallest absolute Gasteiger partial charge is 0.0943 e. The number of likely N-dealkylation sites (tertiary alicyclic amines) is 1. The van der Waals surface area contributed by atoms with E-state index in [1.54, 1.807) is 295 Å². The van der Waals surface area contributed by atoms with Crippen LogP contribution in [0.2, 0.25) is 0 Å². The number of nitrogens with zero attached hydrogens (tertiary/aromatic N) is 4. The lowest BCUT2D eigenvalue weighted by molar-refractivity contribution is -0.0169. The topological polar surface area (TPSA) is 24.3 Å². The Morgan fingerprint density at radius 3 is 0.734 bits per heavy atom. The number of aromatic nitrogens is 2. The lowest BCUT2D eigenvalue weighted by Gasteiger charge is -2.51. The van der Waals surface area contributed by atoms with Gasteiger partial charge in [-0.3, -0.25) is 0 Å². The van der Waals surface area contributed by atoms with Crippen molar-refractivity contribution in [1.29, 1.82) is 0 Å². The van der Waals surface area contributed by atoms with Gasteiger partial charge < -0.3 is 14.4 Å². The number of fused-ring (bicyclic) bond motifs is 14. The highest BCUT2D eigenvalue weighted by atomic mass is 15.2. The molecule has 4 saturated heterocycles. The number of aryl methyl sites for hydroxylation is 1. The fourth-order valence-electron chi connectivity index (χ4n) is 31.6. The molecule has 25 saturated carbocycles. The van der Waals surface area contributed by atoms with Crippen LogP contribution in [0.3, 0.4) is 0 Å². The summed E-state index contributed by atoms with van der Waals surface area (Å²) in [4.78, 5) is 8.90. The zero-order chi connectivity index (χ0) is 90.0. The van der Waals surface area contributed by atoms with Crippen LogP contribution in [-0.2, 0) is 7.05 Å². The zero-order valence-electron chi connectivity index (χ0n) is 88.8. The number of piperidine rings is 3. The van der Waals surface area contributed by atoms with E-state index in [9.17, 15) is 0 Å². The standard InChI is InChI=1S/C13H20.C11H18.C10H16.C9H15N.2C9H16.C7H15N.C7H10.3C7H12.C4H6N2.10C2H6/c1-2-7-13-11(5-1)8-10-4-3-6-12(13)9-10;1-2-9-5-10-3-8(1)4-11(6-9)7-10;1-7-2-9-4-8(1)5-10(3-7)6-9;1-7-2-9-3-8(1)5-10(4-7)6-9;2*1-3-8-5-2-6-9(4-1)7-8;1-8-6-4-2-3-5-7-8;1-4-2-6-5(1)7(6)3-4;2*1-2-7-4-3-6(1)5-7;1-2-6-4-7(3-1)5-6;1-6-3-2-5-4-6;10*1-2/h10,12H,1-9H2;8-11H,1-7H2;7-10H,1-6H2;7-9H,1-6H2;2*8-9H,1-7H2;2-7H2,1H3;4-7H,1-3H2;3*6-7H,1-5H2;2-4H,1H3;10*1-2H3. The maximum atomic E-state index is 3.78. The molecule has 4 heteroatoms. The molecule has 1 aromatic rings. The first-order valence-electron chi connectivity index (χ1n) is 59.2. The van der Waals surface area contributed by atoms with Crippen LogP contribution >= 0.6 is 0 Å². The van der Waals surface area contributed by atoms with Crippen molar-refractivity contribution >= 4 is 0 Å². The van der Waals surface area contributed by atoms with Crippen molar-refractivity contribution < 1.29 is 0 Å². The molecule has 0 aromatic carbocycles. The minimum atomic E-state index is 1.04. The van der Waals surface area contributed by atoms with Crippen LogP contribution in [0.4, 0.5) is 0 Å². The van der Waals surface area contributed by atoms with Crippen LogP contribution in [0.1, 0.15) is 530 Å². The van der Waals surface area contributed by atoms with Crippen molar-refractivity contribution in [3.05, 3.63) is 29.9 Å². The van der Waals surface area contributed by atoms with Gasteiger partial charge in [0.05, 0.1) is 6.33 Å². The third-order valence-corrected chi connectivity index (χ3v) is 36.2. The maximum absolute atomic E-state index is 3.78. The van der Waals surface area contributed by atoms with Gasteiger partial charge in [-0.1, -0.05) is 336 Å². The van der Waals surface area contributed by atoms with Crippen LogP contribution < -0.4 is 0 Å². The highest BCUT2D eigenvalue weighted by Crippen LogP contribution is 2.70. The molecule has 2 unspecified atom stereocenters. The Kier molecular flexibility index (Phi) is 59.0. The molecule has 0 radical (unpaired) electrons. The summed E-state index contributed by atoms with van der Waals surface area (Å²) in [5.74, 6) is 31.4. The number of allylic oxidation sites excluding steroid dienone is 2. The Hall–Kier alpha value is -1.13. The molecule has 1 aromatic heterocycles. The molecule has 0 spiro atoms. The monoisotopic (exact) mass is 1730 g/mol. The lowest BCUT2D eigenvalue weighted by atomic mass is 9.56. The summed E-state index contributed by atoms with van der Waals surface area (Å²) < 4.78 is 1.89. The van der Waals surface area contributed by atoms with Gasteiger partial charge in [-0.2, -0.15) is 0 Å². The Morgan fingerprint density at radius 2 is 0.476 bits per heavy atom. The first kappa shape index (κ1) is 112. The zero-order valence-corrected chi connectivity index (χ0v) is 88.8. The average molecular weight is 1730 g/mol. The van der Waals surface area contributed by atoms with Crippen molar-refractivity contribution in [1.82, 2.24) is 19.4 Å². The lowest BCUT2D eigenvalue weighted by Crippen LogP contribution is -2.53. The molecule has 0 N–H and O–H groups in total.